The topological polar surface area (TPSA) is 127 Å². The van der Waals surface area contributed by atoms with Crippen LogP contribution in [0.4, 0.5) is 26.3 Å². The molecule has 2 aliphatic heterocycles. The number of pyridine rings is 1. The molecule has 0 atom stereocenters. The maximum absolute atomic E-state index is 10.6. The number of nitrogens with zero attached hydrogens (tertiary/aromatic N) is 1. The van der Waals surface area contributed by atoms with Gasteiger partial charge in [-0.25, -0.2) is 14.6 Å². The van der Waals surface area contributed by atoms with Crippen LogP contribution in [0.15, 0.2) is 30.3 Å². The first-order valence-corrected chi connectivity index (χ1v) is 9.12. The van der Waals surface area contributed by atoms with Crippen LogP contribution in [0.5, 0.6) is 17.4 Å². The van der Waals surface area contributed by atoms with Crippen LogP contribution < -0.4 is 19.5 Å². The summed E-state index contributed by atoms with van der Waals surface area (Å²) in [5.74, 6) is -3.25. The molecule has 3 N–H and O–H groups in total. The van der Waals surface area contributed by atoms with E-state index in [9.17, 15) is 26.3 Å². The fourth-order valence-electron chi connectivity index (χ4n) is 2.39. The van der Waals surface area contributed by atoms with Gasteiger partial charge >= 0.3 is 24.3 Å². The summed E-state index contributed by atoms with van der Waals surface area (Å²) in [5.41, 5.74) is 2.97. The van der Waals surface area contributed by atoms with Crippen LogP contribution >= 0.6 is 0 Å². The third kappa shape index (κ3) is 7.68. The number of carboxylic acids is 2. The number of aromatic nitrogens is 1. The minimum atomic E-state index is -5.08. The Morgan fingerprint density at radius 2 is 1.47 bits per heavy atom. The molecule has 0 saturated carbocycles. The van der Waals surface area contributed by atoms with Crippen LogP contribution in [0.1, 0.15) is 5.56 Å². The number of aliphatic carboxylic acids is 2. The third-order valence-electron chi connectivity index (χ3n) is 3.93. The van der Waals surface area contributed by atoms with E-state index in [1.165, 1.54) is 0 Å². The van der Waals surface area contributed by atoms with Gasteiger partial charge in [0.25, 0.3) is 0 Å². The molecule has 0 saturated heterocycles. The Hall–Kier alpha value is -3.75. The molecule has 0 unspecified atom stereocenters. The molecule has 2 aliphatic rings. The number of fused-ring (bicyclic) bond motifs is 2. The summed E-state index contributed by atoms with van der Waals surface area (Å²) in [4.78, 5) is 22.4. The largest absolute Gasteiger partial charge is 0.490 e. The third-order valence-corrected chi connectivity index (χ3v) is 3.93. The summed E-state index contributed by atoms with van der Waals surface area (Å²) in [6.07, 6.45) is -10.2. The van der Waals surface area contributed by atoms with E-state index in [1.54, 1.807) is 0 Å². The molecule has 186 valence electrons. The van der Waals surface area contributed by atoms with Gasteiger partial charge in [-0.15, -0.1) is 0 Å². The number of alkyl halides is 6. The summed E-state index contributed by atoms with van der Waals surface area (Å²) >= 11 is 0. The number of halogens is 6. The zero-order chi connectivity index (χ0) is 25.5. The molecule has 0 radical (unpaired) electrons. The van der Waals surface area contributed by atoms with Crippen molar-refractivity contribution in [1.29, 1.82) is 0 Å². The van der Waals surface area contributed by atoms with Crippen molar-refractivity contribution in [1.82, 2.24) is 10.3 Å². The first-order valence-electron chi connectivity index (χ1n) is 9.12. The first kappa shape index (κ1) is 26.5. The normalized spacial score (nSPS) is 14.2. The predicted octanol–water partition coefficient (Wildman–Crippen LogP) is 3.23. The minimum Gasteiger partial charge on any atom is -0.476 e. The van der Waals surface area contributed by atoms with Gasteiger partial charge in [-0.1, -0.05) is 6.07 Å². The van der Waals surface area contributed by atoms with Gasteiger partial charge in [0, 0.05) is 24.2 Å². The van der Waals surface area contributed by atoms with Gasteiger partial charge in [0.2, 0.25) is 12.7 Å². The van der Waals surface area contributed by atoms with Crippen molar-refractivity contribution in [2.24, 2.45) is 0 Å². The zero-order valence-corrected chi connectivity index (χ0v) is 16.9. The minimum absolute atomic E-state index is 0.283. The van der Waals surface area contributed by atoms with Gasteiger partial charge in [-0.3, -0.25) is 0 Å². The van der Waals surface area contributed by atoms with Crippen molar-refractivity contribution in [3.05, 3.63) is 35.9 Å². The van der Waals surface area contributed by atoms with Crippen LogP contribution in [0, 0.1) is 0 Å². The molecule has 1 aromatic carbocycles. The highest BCUT2D eigenvalue weighted by Gasteiger charge is 2.38. The average molecular weight is 498 g/mol. The van der Waals surface area contributed by atoms with Gasteiger partial charge in [-0.2, -0.15) is 26.3 Å². The molecule has 3 heterocycles. The van der Waals surface area contributed by atoms with Crippen LogP contribution in [-0.4, -0.2) is 59.4 Å². The summed E-state index contributed by atoms with van der Waals surface area (Å²) < 4.78 is 79.9. The lowest BCUT2D eigenvalue weighted by Gasteiger charge is -2.08. The van der Waals surface area contributed by atoms with Gasteiger partial charge in [0.1, 0.15) is 6.61 Å². The molecule has 0 aliphatic carbocycles. The Balaban J connectivity index is 0.000000244. The lowest BCUT2D eigenvalue weighted by molar-refractivity contribution is -0.193. The zero-order valence-electron chi connectivity index (χ0n) is 16.9. The van der Waals surface area contributed by atoms with Gasteiger partial charge in [0.15, 0.2) is 11.5 Å². The standard InChI is InChI=1S/C15H14N2O3.2C2HF3O2/c1-3-12(17-15-11(1)8-16-5-6-18-15)10-2-4-13-14(7-10)20-9-19-13;2*3-2(4,5)1(6)7/h1-4,7,16H,5-6,8-9H2;2*(H,6,7). The van der Waals surface area contributed by atoms with Crippen molar-refractivity contribution in [3.63, 3.8) is 0 Å². The molecule has 34 heavy (non-hydrogen) atoms. The summed E-state index contributed by atoms with van der Waals surface area (Å²) in [7, 11) is 0. The number of carboxylic acid groups (broad SMARTS) is 2. The van der Waals surface area contributed by atoms with Gasteiger partial charge in [-0.05, 0) is 24.3 Å². The lowest BCUT2D eigenvalue weighted by Crippen LogP contribution is -2.21. The number of carbonyl (C=O) groups is 2. The number of benzene rings is 1. The van der Waals surface area contributed by atoms with Gasteiger partial charge in [0.05, 0.1) is 5.69 Å². The van der Waals surface area contributed by atoms with E-state index in [0.29, 0.717) is 12.5 Å². The van der Waals surface area contributed by atoms with Crippen LogP contribution in [0.2, 0.25) is 0 Å². The highest BCUT2D eigenvalue weighted by Crippen LogP contribution is 2.36. The first-order chi connectivity index (χ1) is 15.8. The van der Waals surface area contributed by atoms with E-state index >= 15 is 0 Å². The Kier molecular flexibility index (Phi) is 8.51. The summed E-state index contributed by atoms with van der Waals surface area (Å²) in [6, 6.07) is 9.91. The Labute approximate surface area is 186 Å². The van der Waals surface area contributed by atoms with E-state index in [2.05, 4.69) is 16.4 Å². The molecule has 0 spiro atoms. The number of nitrogens with one attached hydrogen (secondary N) is 1. The second-order valence-electron chi connectivity index (χ2n) is 6.36. The smallest absolute Gasteiger partial charge is 0.476 e. The Bertz CT molecular complexity index is 1000. The molecule has 0 bridgehead atoms. The quantitative estimate of drug-likeness (QED) is 0.508. The maximum Gasteiger partial charge on any atom is 0.490 e. The van der Waals surface area contributed by atoms with E-state index < -0.39 is 24.3 Å². The van der Waals surface area contributed by atoms with E-state index in [4.69, 9.17) is 34.0 Å². The van der Waals surface area contributed by atoms with Crippen molar-refractivity contribution < 1.29 is 60.4 Å². The molecule has 15 heteroatoms. The molecule has 0 amide bonds. The van der Waals surface area contributed by atoms with Crippen molar-refractivity contribution in [2.75, 3.05) is 19.9 Å². The van der Waals surface area contributed by atoms with Crippen molar-refractivity contribution in [2.45, 2.75) is 18.9 Å². The highest BCUT2D eigenvalue weighted by molar-refractivity contribution is 5.73. The maximum atomic E-state index is 10.6. The molecular weight excluding hydrogens is 482 g/mol. The molecule has 4 rings (SSSR count). The molecule has 0 fully saturated rings. The second kappa shape index (κ2) is 10.9. The fraction of sp³-hybridized carbons (Fsp3) is 0.316. The van der Waals surface area contributed by atoms with Crippen LogP contribution in [0.25, 0.3) is 11.3 Å². The van der Waals surface area contributed by atoms with Crippen LogP contribution in [-0.2, 0) is 16.1 Å². The fourth-order valence-corrected chi connectivity index (χ4v) is 2.39. The van der Waals surface area contributed by atoms with Gasteiger partial charge < -0.3 is 29.7 Å². The average Bonchev–Trinajstić information content (AvgIpc) is 3.09. The predicted molar refractivity (Wildman–Crippen MR) is 100 cm³/mol. The molecule has 1 aromatic heterocycles. The van der Waals surface area contributed by atoms with Crippen molar-refractivity contribution in [3.8, 4) is 28.6 Å². The number of hydrogen-bond acceptors (Lipinski definition) is 7. The van der Waals surface area contributed by atoms with E-state index in [1.807, 2.05) is 24.3 Å². The van der Waals surface area contributed by atoms with Crippen LogP contribution in [0.3, 0.4) is 0 Å². The van der Waals surface area contributed by atoms with E-state index in [0.717, 1.165) is 41.4 Å². The highest BCUT2D eigenvalue weighted by atomic mass is 19.4. The summed E-state index contributed by atoms with van der Waals surface area (Å²) in [5, 5.41) is 17.5. The Morgan fingerprint density at radius 1 is 0.882 bits per heavy atom. The van der Waals surface area contributed by atoms with Crippen molar-refractivity contribution >= 4 is 11.9 Å². The van der Waals surface area contributed by atoms with E-state index in [-0.39, 0.29) is 6.79 Å². The summed E-state index contributed by atoms with van der Waals surface area (Å²) in [6.45, 7) is 2.56. The molecule has 2 aromatic rings. The lowest BCUT2D eigenvalue weighted by atomic mass is 10.1. The number of hydrogen-bond donors (Lipinski definition) is 3. The second-order valence-corrected chi connectivity index (χ2v) is 6.36. The monoisotopic (exact) mass is 498 g/mol. The SMILES string of the molecule is O=C(O)C(F)(F)F.O=C(O)C(F)(F)F.c1cc2c(cc1-c1ccc3c(n1)OCCNC3)OCO2. The molecular formula is C19H16F6N2O7. The number of ether oxygens (including phenoxy) is 3. The molecule has 9 nitrogen and oxygen atoms in total. The number of rotatable bonds is 1. The Morgan fingerprint density at radius 3 is 2.06 bits per heavy atom.